The molecule has 0 saturated carbocycles. The van der Waals surface area contributed by atoms with Gasteiger partial charge in [-0.15, -0.1) is 0 Å². The molecule has 1 N–H and O–H groups in total. The fourth-order valence-electron chi connectivity index (χ4n) is 3.21. The zero-order valence-corrected chi connectivity index (χ0v) is 14.9. The first kappa shape index (κ1) is 15.4. The van der Waals surface area contributed by atoms with Gasteiger partial charge < -0.3 is 9.88 Å². The van der Waals surface area contributed by atoms with Crippen molar-refractivity contribution >= 4 is 28.6 Å². The Morgan fingerprint density at radius 3 is 2.35 bits per heavy atom. The van der Waals surface area contributed by atoms with Crippen LogP contribution >= 0.6 is 11.6 Å². The van der Waals surface area contributed by atoms with Crippen LogP contribution in [0.5, 0.6) is 0 Å². The van der Waals surface area contributed by atoms with Gasteiger partial charge in [-0.3, -0.25) is 4.98 Å². The summed E-state index contributed by atoms with van der Waals surface area (Å²) in [7, 11) is 0. The van der Waals surface area contributed by atoms with Crippen molar-refractivity contribution in [3.05, 3.63) is 65.8 Å². The molecular formula is C21H17ClN4. The van der Waals surface area contributed by atoms with Crippen molar-refractivity contribution in [2.24, 2.45) is 0 Å². The predicted molar refractivity (Wildman–Crippen MR) is 107 cm³/mol. The van der Waals surface area contributed by atoms with E-state index in [1.807, 2.05) is 30.5 Å². The quantitative estimate of drug-likeness (QED) is 0.549. The van der Waals surface area contributed by atoms with Crippen molar-refractivity contribution in [2.45, 2.75) is 6.42 Å². The molecule has 1 fully saturated rings. The second-order valence-electron chi connectivity index (χ2n) is 6.57. The third-order valence-corrected chi connectivity index (χ3v) is 5.11. The fourth-order valence-corrected chi connectivity index (χ4v) is 3.34. The van der Waals surface area contributed by atoms with Gasteiger partial charge in [-0.25, -0.2) is 4.98 Å². The second-order valence-corrected chi connectivity index (χ2v) is 7.01. The maximum absolute atomic E-state index is 5.96. The van der Waals surface area contributed by atoms with Crippen LogP contribution in [-0.4, -0.2) is 28.0 Å². The smallest absolute Gasteiger partial charge is 0.203 e. The molecule has 1 saturated heterocycles. The molecule has 0 unspecified atom stereocenters. The van der Waals surface area contributed by atoms with Crippen LogP contribution < -0.4 is 4.90 Å². The molecule has 0 amide bonds. The van der Waals surface area contributed by atoms with E-state index in [2.05, 4.69) is 50.2 Å². The molecule has 5 rings (SSSR count). The van der Waals surface area contributed by atoms with E-state index in [0.29, 0.717) is 0 Å². The standard InChI is InChI=1S/C21H17ClN4/c22-17-6-2-14(3-7-17)16-5-8-18(23-13-16)15-4-9-19-20(12-15)25-21(24-19)26-10-1-11-26/h2-9,12-13H,1,10-11H2,(H,24,25). The Morgan fingerprint density at radius 1 is 0.885 bits per heavy atom. The summed E-state index contributed by atoms with van der Waals surface area (Å²) in [5, 5.41) is 0.740. The lowest BCUT2D eigenvalue weighted by Crippen LogP contribution is -2.37. The average molecular weight is 361 g/mol. The molecule has 0 atom stereocenters. The van der Waals surface area contributed by atoms with Crippen LogP contribution in [0.4, 0.5) is 5.95 Å². The van der Waals surface area contributed by atoms with Gasteiger partial charge in [-0.1, -0.05) is 35.9 Å². The molecule has 128 valence electrons. The Kier molecular flexibility index (Phi) is 3.64. The summed E-state index contributed by atoms with van der Waals surface area (Å²) in [6, 6.07) is 18.2. The van der Waals surface area contributed by atoms with Gasteiger partial charge in [0, 0.05) is 35.4 Å². The monoisotopic (exact) mass is 360 g/mol. The molecule has 5 heteroatoms. The number of aromatic nitrogens is 3. The van der Waals surface area contributed by atoms with Gasteiger partial charge in [-0.2, -0.15) is 0 Å². The van der Waals surface area contributed by atoms with Gasteiger partial charge in [0.2, 0.25) is 5.95 Å². The maximum Gasteiger partial charge on any atom is 0.203 e. The molecule has 0 spiro atoms. The minimum absolute atomic E-state index is 0.740. The number of hydrogen-bond donors (Lipinski definition) is 1. The maximum atomic E-state index is 5.96. The third-order valence-electron chi connectivity index (χ3n) is 4.86. The van der Waals surface area contributed by atoms with Gasteiger partial charge in [0.1, 0.15) is 0 Å². The number of imidazole rings is 1. The number of rotatable bonds is 3. The number of nitrogens with one attached hydrogen (secondary N) is 1. The predicted octanol–water partition coefficient (Wildman–Crippen LogP) is 5.16. The van der Waals surface area contributed by atoms with Crippen molar-refractivity contribution in [1.29, 1.82) is 0 Å². The first-order chi connectivity index (χ1) is 12.8. The summed E-state index contributed by atoms with van der Waals surface area (Å²) in [6.45, 7) is 2.17. The number of hydrogen-bond acceptors (Lipinski definition) is 3. The molecule has 2 aromatic carbocycles. The van der Waals surface area contributed by atoms with E-state index in [1.165, 1.54) is 6.42 Å². The number of anilines is 1. The van der Waals surface area contributed by atoms with Crippen LogP contribution in [0.1, 0.15) is 6.42 Å². The van der Waals surface area contributed by atoms with E-state index in [1.54, 1.807) is 0 Å². The largest absolute Gasteiger partial charge is 0.342 e. The molecular weight excluding hydrogens is 344 g/mol. The average Bonchev–Trinajstić information content (AvgIpc) is 3.03. The van der Waals surface area contributed by atoms with Gasteiger partial charge >= 0.3 is 0 Å². The zero-order valence-electron chi connectivity index (χ0n) is 14.1. The molecule has 26 heavy (non-hydrogen) atoms. The van der Waals surface area contributed by atoms with Crippen LogP contribution in [-0.2, 0) is 0 Å². The fraction of sp³-hybridized carbons (Fsp3) is 0.143. The van der Waals surface area contributed by atoms with Crippen molar-refractivity contribution in [3.63, 3.8) is 0 Å². The van der Waals surface area contributed by atoms with Crippen LogP contribution in [0, 0.1) is 0 Å². The van der Waals surface area contributed by atoms with E-state index in [-0.39, 0.29) is 0 Å². The highest BCUT2D eigenvalue weighted by Gasteiger charge is 2.18. The number of aromatic amines is 1. The summed E-state index contributed by atoms with van der Waals surface area (Å²) >= 11 is 5.96. The molecule has 0 aliphatic carbocycles. The number of nitrogens with zero attached hydrogens (tertiary/aromatic N) is 3. The highest BCUT2D eigenvalue weighted by Crippen LogP contribution is 2.27. The Balaban J connectivity index is 1.46. The first-order valence-electron chi connectivity index (χ1n) is 8.73. The molecule has 4 aromatic rings. The topological polar surface area (TPSA) is 44.8 Å². The van der Waals surface area contributed by atoms with Crippen LogP contribution in [0.25, 0.3) is 33.4 Å². The lowest BCUT2D eigenvalue weighted by molar-refractivity contribution is 0.604. The van der Waals surface area contributed by atoms with E-state index in [4.69, 9.17) is 11.6 Å². The van der Waals surface area contributed by atoms with Crippen molar-refractivity contribution in [2.75, 3.05) is 18.0 Å². The number of halogens is 1. The van der Waals surface area contributed by atoms with Crippen LogP contribution in [0.15, 0.2) is 60.8 Å². The number of benzene rings is 2. The van der Waals surface area contributed by atoms with Crippen molar-refractivity contribution < 1.29 is 0 Å². The zero-order chi connectivity index (χ0) is 17.5. The molecule has 4 nitrogen and oxygen atoms in total. The van der Waals surface area contributed by atoms with Crippen molar-refractivity contribution in [1.82, 2.24) is 15.0 Å². The lowest BCUT2D eigenvalue weighted by Gasteiger charge is -2.30. The number of H-pyrrole nitrogens is 1. The van der Waals surface area contributed by atoms with E-state index in [9.17, 15) is 0 Å². The molecule has 0 bridgehead atoms. The van der Waals surface area contributed by atoms with Gasteiger partial charge in [-0.05, 0) is 42.3 Å². The summed E-state index contributed by atoms with van der Waals surface area (Å²) in [5.41, 5.74) is 6.26. The molecule has 1 aliphatic heterocycles. The third kappa shape index (κ3) is 2.72. The number of pyridine rings is 1. The van der Waals surface area contributed by atoms with Gasteiger partial charge in [0.05, 0.1) is 16.7 Å². The van der Waals surface area contributed by atoms with Gasteiger partial charge in [0.25, 0.3) is 0 Å². The van der Waals surface area contributed by atoms with E-state index >= 15 is 0 Å². The Morgan fingerprint density at radius 2 is 1.65 bits per heavy atom. The molecule has 1 aliphatic rings. The number of fused-ring (bicyclic) bond motifs is 1. The minimum atomic E-state index is 0.740. The molecule has 0 radical (unpaired) electrons. The summed E-state index contributed by atoms with van der Waals surface area (Å²) < 4.78 is 0. The van der Waals surface area contributed by atoms with Crippen LogP contribution in [0.3, 0.4) is 0 Å². The summed E-state index contributed by atoms with van der Waals surface area (Å²) in [6.07, 6.45) is 3.15. The molecule has 3 heterocycles. The highest BCUT2D eigenvalue weighted by atomic mass is 35.5. The summed E-state index contributed by atoms with van der Waals surface area (Å²) in [5.74, 6) is 0.967. The summed E-state index contributed by atoms with van der Waals surface area (Å²) in [4.78, 5) is 15.0. The minimum Gasteiger partial charge on any atom is -0.342 e. The van der Waals surface area contributed by atoms with Gasteiger partial charge in [0.15, 0.2) is 0 Å². The Hall–Kier alpha value is -2.85. The normalized spacial score (nSPS) is 13.8. The lowest BCUT2D eigenvalue weighted by atomic mass is 10.1. The van der Waals surface area contributed by atoms with Crippen LogP contribution in [0.2, 0.25) is 5.02 Å². The highest BCUT2D eigenvalue weighted by molar-refractivity contribution is 6.30. The SMILES string of the molecule is Clc1ccc(-c2ccc(-c3ccc4nc(N5CCC5)[nH]c4c3)nc2)cc1. The van der Waals surface area contributed by atoms with E-state index in [0.717, 1.165) is 57.5 Å². The Labute approximate surface area is 156 Å². The molecule has 2 aromatic heterocycles. The first-order valence-corrected chi connectivity index (χ1v) is 9.11. The van der Waals surface area contributed by atoms with Crippen molar-refractivity contribution in [3.8, 4) is 22.4 Å². The Bertz CT molecular complexity index is 1060. The second kappa shape index (κ2) is 6.15. The van der Waals surface area contributed by atoms with E-state index < -0.39 is 0 Å².